The Hall–Kier alpha value is -3.28. The molecule has 0 unspecified atom stereocenters. The first-order chi connectivity index (χ1) is 20.1. The van der Waals surface area contributed by atoms with Crippen LogP contribution in [0.4, 0.5) is 0 Å². The van der Waals surface area contributed by atoms with Gasteiger partial charge in [-0.05, 0) is 0 Å². The van der Waals surface area contributed by atoms with E-state index in [2.05, 4.69) is 181 Å². The van der Waals surface area contributed by atoms with Crippen molar-refractivity contribution in [3.8, 4) is 0 Å². The number of rotatable bonds is 8. The van der Waals surface area contributed by atoms with Crippen LogP contribution in [0.15, 0.2) is 170 Å². The molecule has 200 valence electrons. The molecule has 0 aromatic heterocycles. The van der Waals surface area contributed by atoms with E-state index >= 15 is 0 Å². The van der Waals surface area contributed by atoms with Gasteiger partial charge in [0, 0.05) is 0 Å². The normalized spacial score (nSPS) is 11.6. The Balaban J connectivity index is 1.55. The molecular weight excluding hydrogens is 591 g/mol. The van der Waals surface area contributed by atoms with Crippen molar-refractivity contribution in [1.82, 2.24) is 0 Å². The Bertz CT molecular complexity index is 1490. The Morgan fingerprint density at radius 3 is 0.854 bits per heavy atom. The molecule has 0 atom stereocenters. The van der Waals surface area contributed by atoms with Gasteiger partial charge in [-0.3, -0.25) is 0 Å². The molecule has 0 bridgehead atoms. The van der Waals surface area contributed by atoms with Crippen molar-refractivity contribution < 1.29 is 0 Å². The summed E-state index contributed by atoms with van der Waals surface area (Å²) >= 11 is -2.85. The zero-order valence-corrected chi connectivity index (χ0v) is 27.4. The summed E-state index contributed by atoms with van der Waals surface area (Å²) in [6.45, 7) is 0. The molecule has 6 aromatic rings. The van der Waals surface area contributed by atoms with Crippen LogP contribution in [0.1, 0.15) is 0 Å². The molecule has 0 radical (unpaired) electrons. The van der Waals surface area contributed by atoms with Crippen molar-refractivity contribution in [3.05, 3.63) is 170 Å². The zero-order chi connectivity index (χ0) is 28.1. The van der Waals surface area contributed by atoms with Gasteiger partial charge in [0.25, 0.3) is 0 Å². The summed E-state index contributed by atoms with van der Waals surface area (Å²) in [6, 6.07) is 63.2. The molecule has 3 heteroatoms. The molecule has 0 saturated carbocycles. The fraction of sp³-hybridized carbons (Fsp3) is 0.0526. The van der Waals surface area contributed by atoms with Crippen LogP contribution in [0.25, 0.3) is 0 Å². The second-order valence-electron chi connectivity index (χ2n) is 10.7. The molecule has 0 heterocycles. The third kappa shape index (κ3) is 5.89. The van der Waals surface area contributed by atoms with Gasteiger partial charge in [0.2, 0.25) is 0 Å². The van der Waals surface area contributed by atoms with Gasteiger partial charge >= 0.3 is 251 Å². The SMILES string of the molecule is [CH3][Ge]([CH3])([c]1ccccc1P(c1ccccc1)c1ccccc1)[c]1ccccc1P(c1ccccc1)c1ccccc1. The number of benzene rings is 6. The Labute approximate surface area is 250 Å². The summed E-state index contributed by atoms with van der Waals surface area (Å²) in [5.74, 6) is 5.20. The molecule has 6 rings (SSSR count). The topological polar surface area (TPSA) is 0 Å². The Morgan fingerprint density at radius 1 is 0.317 bits per heavy atom. The molecule has 0 N–H and O–H groups in total. The van der Waals surface area contributed by atoms with Crippen LogP contribution in [-0.2, 0) is 0 Å². The van der Waals surface area contributed by atoms with E-state index in [1.165, 1.54) is 31.8 Å². The van der Waals surface area contributed by atoms with Crippen molar-refractivity contribution in [1.29, 1.82) is 0 Å². The third-order valence-electron chi connectivity index (χ3n) is 7.69. The Kier molecular flexibility index (Phi) is 8.64. The molecule has 0 aliphatic carbocycles. The van der Waals surface area contributed by atoms with Gasteiger partial charge in [-0.15, -0.1) is 0 Å². The molecule has 41 heavy (non-hydrogen) atoms. The zero-order valence-electron chi connectivity index (χ0n) is 23.6. The molecule has 6 aromatic carbocycles. The Morgan fingerprint density at radius 2 is 0.561 bits per heavy atom. The van der Waals surface area contributed by atoms with Gasteiger partial charge in [0.15, 0.2) is 0 Å². The fourth-order valence-electron chi connectivity index (χ4n) is 5.70. The van der Waals surface area contributed by atoms with E-state index in [-0.39, 0.29) is 0 Å². The fourth-order valence-corrected chi connectivity index (χ4v) is 20.5. The molecule has 0 amide bonds. The molecular formula is C38H34GeP2. The second-order valence-corrected chi connectivity index (χ2v) is 24.1. The first kappa shape index (κ1) is 27.9. The number of hydrogen-bond acceptors (Lipinski definition) is 0. The maximum absolute atomic E-state index is 2.85. The van der Waals surface area contributed by atoms with Gasteiger partial charge in [0.1, 0.15) is 0 Å². The van der Waals surface area contributed by atoms with E-state index < -0.39 is 29.1 Å². The van der Waals surface area contributed by atoms with Crippen LogP contribution in [0.2, 0.25) is 11.5 Å². The van der Waals surface area contributed by atoms with E-state index in [0.717, 1.165) is 0 Å². The average molecular weight is 625 g/mol. The van der Waals surface area contributed by atoms with Crippen molar-refractivity contribution in [3.63, 3.8) is 0 Å². The van der Waals surface area contributed by atoms with Crippen molar-refractivity contribution in [2.24, 2.45) is 0 Å². The first-order valence-electron chi connectivity index (χ1n) is 14.1. The predicted molar refractivity (Wildman–Crippen MR) is 187 cm³/mol. The summed E-state index contributed by atoms with van der Waals surface area (Å²) < 4.78 is 3.16. The molecule has 0 saturated heterocycles. The summed E-state index contributed by atoms with van der Waals surface area (Å²) in [6.07, 6.45) is 0. The van der Waals surface area contributed by atoms with Crippen LogP contribution < -0.4 is 40.6 Å². The van der Waals surface area contributed by atoms with Crippen LogP contribution in [0, 0.1) is 0 Å². The summed E-state index contributed by atoms with van der Waals surface area (Å²) in [5.41, 5.74) is 0. The molecule has 0 spiro atoms. The monoisotopic (exact) mass is 626 g/mol. The van der Waals surface area contributed by atoms with Gasteiger partial charge in [-0.25, -0.2) is 0 Å². The van der Waals surface area contributed by atoms with Crippen LogP contribution >= 0.6 is 15.8 Å². The molecule has 0 aliphatic rings. The van der Waals surface area contributed by atoms with E-state index in [1.54, 1.807) is 8.79 Å². The first-order valence-corrected chi connectivity index (χ1v) is 23.1. The standard InChI is InChI=1S/C38H34GeP2/c1-39(2,35-27-15-17-29-37(35)40(31-19-7-3-8-20-31)32-21-9-4-10-22-32)36-28-16-18-30-38(36)41(33-23-11-5-12-24-33)34-25-13-6-14-26-34/h3-30H,1-2H3. The van der Waals surface area contributed by atoms with E-state index in [9.17, 15) is 0 Å². The third-order valence-corrected chi connectivity index (χ3v) is 21.1. The molecule has 0 fully saturated rings. The van der Waals surface area contributed by atoms with Crippen LogP contribution in [0.5, 0.6) is 0 Å². The van der Waals surface area contributed by atoms with Gasteiger partial charge in [-0.2, -0.15) is 0 Å². The molecule has 0 aliphatic heterocycles. The van der Waals surface area contributed by atoms with E-state index in [4.69, 9.17) is 0 Å². The van der Waals surface area contributed by atoms with E-state index in [0.29, 0.717) is 0 Å². The quantitative estimate of drug-likeness (QED) is 0.143. The summed E-state index contributed by atoms with van der Waals surface area (Å²) in [4.78, 5) is 0. The van der Waals surface area contributed by atoms with Crippen molar-refractivity contribution in [2.75, 3.05) is 0 Å². The molecule has 0 nitrogen and oxygen atoms in total. The minimum atomic E-state index is -2.85. The minimum absolute atomic E-state index is 0.682. The van der Waals surface area contributed by atoms with Crippen LogP contribution in [-0.4, -0.2) is 13.3 Å². The number of hydrogen-bond donors (Lipinski definition) is 0. The van der Waals surface area contributed by atoms with Crippen molar-refractivity contribution in [2.45, 2.75) is 11.5 Å². The summed E-state index contributed by atoms with van der Waals surface area (Å²) in [5, 5.41) is 8.63. The van der Waals surface area contributed by atoms with Gasteiger partial charge in [-0.1, -0.05) is 0 Å². The average Bonchev–Trinajstić information content (AvgIpc) is 3.04. The second kappa shape index (κ2) is 12.7. The predicted octanol–water partition coefficient (Wildman–Crippen LogP) is 6.03. The van der Waals surface area contributed by atoms with Gasteiger partial charge < -0.3 is 0 Å². The van der Waals surface area contributed by atoms with Crippen molar-refractivity contribution >= 4 is 69.7 Å². The van der Waals surface area contributed by atoms with E-state index in [1.807, 2.05) is 0 Å². The van der Waals surface area contributed by atoms with Gasteiger partial charge in [0.05, 0.1) is 0 Å². The summed E-state index contributed by atoms with van der Waals surface area (Å²) in [7, 11) is -1.36. The van der Waals surface area contributed by atoms with Crippen LogP contribution in [0.3, 0.4) is 0 Å². The maximum atomic E-state index is 2.60.